The zero-order chi connectivity index (χ0) is 12.5. The largest absolute Gasteiger partial charge is 0.494 e. The smallest absolute Gasteiger partial charge is 0.122 e. The van der Waals surface area contributed by atoms with Gasteiger partial charge in [-0.3, -0.25) is 0 Å². The third-order valence-electron chi connectivity index (χ3n) is 2.34. The fourth-order valence-corrected chi connectivity index (χ4v) is 1.63. The van der Waals surface area contributed by atoms with Crippen molar-refractivity contribution >= 4 is 0 Å². The molecule has 0 heterocycles. The SMILES string of the molecule is CC#CCCc1cc(OCC)ccc1OCC. The molecule has 1 aromatic carbocycles. The van der Waals surface area contributed by atoms with E-state index in [4.69, 9.17) is 9.47 Å². The van der Waals surface area contributed by atoms with Crippen molar-refractivity contribution in [1.82, 2.24) is 0 Å². The predicted molar refractivity (Wildman–Crippen MR) is 70.6 cm³/mol. The summed E-state index contributed by atoms with van der Waals surface area (Å²) in [6, 6.07) is 5.97. The van der Waals surface area contributed by atoms with Crippen LogP contribution in [0.5, 0.6) is 11.5 Å². The average molecular weight is 232 g/mol. The van der Waals surface area contributed by atoms with E-state index in [9.17, 15) is 0 Å². The monoisotopic (exact) mass is 232 g/mol. The van der Waals surface area contributed by atoms with Crippen LogP contribution >= 0.6 is 0 Å². The molecule has 0 bridgehead atoms. The maximum atomic E-state index is 5.60. The topological polar surface area (TPSA) is 18.5 Å². The number of hydrogen-bond acceptors (Lipinski definition) is 2. The van der Waals surface area contributed by atoms with E-state index < -0.39 is 0 Å². The van der Waals surface area contributed by atoms with Gasteiger partial charge in [0.15, 0.2) is 0 Å². The molecule has 0 saturated heterocycles. The van der Waals surface area contributed by atoms with Crippen molar-refractivity contribution in [3.63, 3.8) is 0 Å². The van der Waals surface area contributed by atoms with Gasteiger partial charge >= 0.3 is 0 Å². The molecule has 1 aromatic rings. The van der Waals surface area contributed by atoms with E-state index in [1.54, 1.807) is 0 Å². The highest BCUT2D eigenvalue weighted by atomic mass is 16.5. The molecule has 0 aromatic heterocycles. The molecule has 0 saturated carbocycles. The lowest BCUT2D eigenvalue weighted by molar-refractivity contribution is 0.327. The van der Waals surface area contributed by atoms with Gasteiger partial charge in [0.05, 0.1) is 13.2 Å². The normalized spacial score (nSPS) is 9.35. The van der Waals surface area contributed by atoms with Gasteiger partial charge in [0.1, 0.15) is 11.5 Å². The summed E-state index contributed by atoms with van der Waals surface area (Å²) < 4.78 is 11.1. The van der Waals surface area contributed by atoms with Crippen LogP contribution in [0, 0.1) is 11.8 Å². The summed E-state index contributed by atoms with van der Waals surface area (Å²) in [7, 11) is 0. The van der Waals surface area contributed by atoms with Crippen molar-refractivity contribution in [3.8, 4) is 23.3 Å². The Kier molecular flexibility index (Phi) is 6.03. The number of benzene rings is 1. The van der Waals surface area contributed by atoms with Gasteiger partial charge in [-0.1, -0.05) is 0 Å². The van der Waals surface area contributed by atoms with E-state index in [0.29, 0.717) is 13.2 Å². The molecule has 0 aliphatic heterocycles. The second kappa shape index (κ2) is 7.62. The Morgan fingerprint density at radius 2 is 1.88 bits per heavy atom. The van der Waals surface area contributed by atoms with Crippen LogP contribution in [0.2, 0.25) is 0 Å². The summed E-state index contributed by atoms with van der Waals surface area (Å²) in [5.41, 5.74) is 1.17. The van der Waals surface area contributed by atoms with E-state index in [1.165, 1.54) is 5.56 Å². The van der Waals surface area contributed by atoms with Crippen molar-refractivity contribution in [2.45, 2.75) is 33.6 Å². The van der Waals surface area contributed by atoms with E-state index in [2.05, 4.69) is 11.8 Å². The highest BCUT2D eigenvalue weighted by molar-refractivity contribution is 5.40. The lowest BCUT2D eigenvalue weighted by atomic mass is 10.1. The molecule has 2 heteroatoms. The first kappa shape index (κ1) is 13.4. The first-order valence-electron chi connectivity index (χ1n) is 6.09. The lowest BCUT2D eigenvalue weighted by Crippen LogP contribution is -1.98. The highest BCUT2D eigenvalue weighted by Crippen LogP contribution is 2.25. The van der Waals surface area contributed by atoms with Gasteiger partial charge in [0.25, 0.3) is 0 Å². The Labute approximate surface area is 104 Å². The summed E-state index contributed by atoms with van der Waals surface area (Å²) >= 11 is 0. The lowest BCUT2D eigenvalue weighted by Gasteiger charge is -2.11. The molecule has 1 rings (SSSR count). The van der Waals surface area contributed by atoms with Crippen molar-refractivity contribution in [3.05, 3.63) is 23.8 Å². The van der Waals surface area contributed by atoms with Crippen molar-refractivity contribution in [1.29, 1.82) is 0 Å². The number of rotatable bonds is 6. The van der Waals surface area contributed by atoms with Crippen LogP contribution in [0.3, 0.4) is 0 Å². The fourth-order valence-electron chi connectivity index (χ4n) is 1.63. The third-order valence-corrected chi connectivity index (χ3v) is 2.34. The van der Waals surface area contributed by atoms with Crippen LogP contribution in [0.1, 0.15) is 32.8 Å². The Morgan fingerprint density at radius 1 is 1.12 bits per heavy atom. The van der Waals surface area contributed by atoms with Gasteiger partial charge in [-0.25, -0.2) is 0 Å². The predicted octanol–water partition coefficient (Wildman–Crippen LogP) is 3.44. The third kappa shape index (κ3) is 4.40. The van der Waals surface area contributed by atoms with Gasteiger partial charge in [-0.15, -0.1) is 11.8 Å². The second-order valence-electron chi connectivity index (χ2n) is 3.56. The Hall–Kier alpha value is -1.62. The minimum absolute atomic E-state index is 0.681. The molecule has 0 aliphatic carbocycles. The Bertz CT molecular complexity index is 399. The first-order valence-corrected chi connectivity index (χ1v) is 6.09. The molecule has 0 unspecified atom stereocenters. The van der Waals surface area contributed by atoms with Gasteiger partial charge in [0, 0.05) is 6.42 Å². The molecule has 0 atom stereocenters. The molecule has 0 spiro atoms. The molecule has 0 amide bonds. The van der Waals surface area contributed by atoms with E-state index >= 15 is 0 Å². The van der Waals surface area contributed by atoms with Crippen LogP contribution in [0.15, 0.2) is 18.2 Å². The zero-order valence-electron chi connectivity index (χ0n) is 10.9. The molecule has 0 aliphatic rings. The van der Waals surface area contributed by atoms with E-state index in [0.717, 1.165) is 24.3 Å². The molecular weight excluding hydrogens is 212 g/mol. The summed E-state index contributed by atoms with van der Waals surface area (Å²) in [5, 5.41) is 0. The van der Waals surface area contributed by atoms with Crippen LogP contribution < -0.4 is 9.47 Å². The maximum absolute atomic E-state index is 5.60. The molecule has 0 radical (unpaired) electrons. The maximum Gasteiger partial charge on any atom is 0.122 e. The van der Waals surface area contributed by atoms with Crippen molar-refractivity contribution in [2.24, 2.45) is 0 Å². The Morgan fingerprint density at radius 3 is 2.53 bits per heavy atom. The molecule has 0 fully saturated rings. The van der Waals surface area contributed by atoms with Gasteiger partial charge in [0.2, 0.25) is 0 Å². The minimum atomic E-state index is 0.681. The van der Waals surface area contributed by atoms with Crippen LogP contribution in [0.4, 0.5) is 0 Å². The van der Waals surface area contributed by atoms with Crippen LogP contribution in [0.25, 0.3) is 0 Å². The van der Waals surface area contributed by atoms with Gasteiger partial charge in [-0.05, 0) is 51.0 Å². The molecule has 17 heavy (non-hydrogen) atoms. The highest BCUT2D eigenvalue weighted by Gasteiger charge is 2.05. The molecular formula is C15H20O2. The molecule has 92 valence electrons. The second-order valence-corrected chi connectivity index (χ2v) is 3.56. The zero-order valence-corrected chi connectivity index (χ0v) is 10.9. The van der Waals surface area contributed by atoms with Crippen LogP contribution in [-0.4, -0.2) is 13.2 Å². The standard InChI is InChI=1S/C15H20O2/c1-4-7-8-9-13-12-14(16-5-2)10-11-15(13)17-6-3/h10-12H,5-6,8-9H2,1-3H3. The summed E-state index contributed by atoms with van der Waals surface area (Å²) in [6.45, 7) is 7.20. The van der Waals surface area contributed by atoms with Gasteiger partial charge < -0.3 is 9.47 Å². The van der Waals surface area contributed by atoms with Crippen LogP contribution in [-0.2, 0) is 6.42 Å². The summed E-state index contributed by atoms with van der Waals surface area (Å²) in [4.78, 5) is 0. The number of hydrogen-bond donors (Lipinski definition) is 0. The summed E-state index contributed by atoms with van der Waals surface area (Å²) in [5.74, 6) is 7.82. The Balaban J connectivity index is 2.84. The van der Waals surface area contributed by atoms with E-state index in [1.807, 2.05) is 39.0 Å². The van der Waals surface area contributed by atoms with Crippen molar-refractivity contribution < 1.29 is 9.47 Å². The number of aryl methyl sites for hydroxylation is 1. The minimum Gasteiger partial charge on any atom is -0.494 e. The van der Waals surface area contributed by atoms with Gasteiger partial charge in [-0.2, -0.15) is 0 Å². The van der Waals surface area contributed by atoms with Crippen molar-refractivity contribution in [2.75, 3.05) is 13.2 Å². The quantitative estimate of drug-likeness (QED) is 0.699. The average Bonchev–Trinajstić information content (AvgIpc) is 2.33. The molecule has 0 N–H and O–H groups in total. The summed E-state index contributed by atoms with van der Waals surface area (Å²) in [6.07, 6.45) is 1.75. The first-order chi connectivity index (χ1) is 8.31. The fraction of sp³-hybridized carbons (Fsp3) is 0.467. The molecule has 2 nitrogen and oxygen atoms in total. The van der Waals surface area contributed by atoms with E-state index in [-0.39, 0.29) is 0 Å². The number of ether oxygens (including phenoxy) is 2.